The fraction of sp³-hybridized carbons (Fsp3) is 0.312. The predicted molar refractivity (Wildman–Crippen MR) is 93.7 cm³/mol. The van der Waals surface area contributed by atoms with E-state index in [2.05, 4.69) is 38.3 Å². The van der Waals surface area contributed by atoms with Crippen molar-refractivity contribution < 1.29 is 9.59 Å². The summed E-state index contributed by atoms with van der Waals surface area (Å²) in [4.78, 5) is 24.2. The topological polar surface area (TPSA) is 76.0 Å². The van der Waals surface area contributed by atoms with Crippen LogP contribution >= 0.6 is 22.6 Å². The van der Waals surface area contributed by atoms with Crippen molar-refractivity contribution in [2.75, 3.05) is 0 Å². The number of benzene rings is 1. The van der Waals surface area contributed by atoms with Gasteiger partial charge in [-0.15, -0.1) is 0 Å². The second-order valence-corrected chi connectivity index (χ2v) is 6.86. The Hall–Kier alpha value is -1.90. The van der Waals surface area contributed by atoms with Crippen LogP contribution in [0.3, 0.4) is 0 Å². The molecule has 120 valence electrons. The van der Waals surface area contributed by atoms with Gasteiger partial charge in [-0.05, 0) is 53.3 Å². The van der Waals surface area contributed by atoms with E-state index in [0.717, 1.165) is 9.13 Å². The SMILES string of the molecule is Cn1cc(C2NC(=O)CC[C@@H]2NC(=O)c2ccc(I)cc2)cn1. The van der Waals surface area contributed by atoms with E-state index >= 15 is 0 Å². The number of aromatic nitrogens is 2. The first-order valence-electron chi connectivity index (χ1n) is 7.37. The van der Waals surface area contributed by atoms with Crippen LogP contribution in [0.4, 0.5) is 0 Å². The van der Waals surface area contributed by atoms with Crippen molar-refractivity contribution in [2.45, 2.75) is 24.9 Å². The summed E-state index contributed by atoms with van der Waals surface area (Å²) in [5, 5.41) is 10.1. The molecule has 0 spiro atoms. The zero-order valence-electron chi connectivity index (χ0n) is 12.6. The number of hydrogen-bond donors (Lipinski definition) is 2. The van der Waals surface area contributed by atoms with Gasteiger partial charge in [0, 0.05) is 34.4 Å². The average molecular weight is 424 g/mol. The van der Waals surface area contributed by atoms with Crippen molar-refractivity contribution in [2.24, 2.45) is 7.05 Å². The molecule has 2 aromatic rings. The van der Waals surface area contributed by atoms with Gasteiger partial charge in [-0.2, -0.15) is 5.10 Å². The molecule has 1 aromatic heterocycles. The molecule has 6 nitrogen and oxygen atoms in total. The van der Waals surface area contributed by atoms with Crippen molar-refractivity contribution >= 4 is 34.4 Å². The number of amides is 2. The van der Waals surface area contributed by atoms with E-state index in [4.69, 9.17) is 0 Å². The summed E-state index contributed by atoms with van der Waals surface area (Å²) >= 11 is 2.20. The molecule has 1 fully saturated rings. The maximum Gasteiger partial charge on any atom is 0.251 e. The van der Waals surface area contributed by atoms with Crippen LogP contribution in [0, 0.1) is 3.57 Å². The first-order valence-corrected chi connectivity index (χ1v) is 8.45. The molecule has 0 radical (unpaired) electrons. The summed E-state index contributed by atoms with van der Waals surface area (Å²) in [6.45, 7) is 0. The maximum absolute atomic E-state index is 12.4. The smallest absolute Gasteiger partial charge is 0.251 e. The standard InChI is InChI=1S/C16H17IN4O2/c1-21-9-11(8-18-21)15-13(6-7-14(22)20-15)19-16(23)10-2-4-12(17)5-3-10/h2-5,8-9,13,15H,6-7H2,1H3,(H,19,23)(H,20,22)/t13-,15?/m0/s1. The summed E-state index contributed by atoms with van der Waals surface area (Å²) in [5.41, 5.74) is 1.51. The molecular formula is C16H17IN4O2. The highest BCUT2D eigenvalue weighted by Crippen LogP contribution is 2.24. The number of aryl methyl sites for hydroxylation is 1. The Kier molecular flexibility index (Phi) is 4.65. The lowest BCUT2D eigenvalue weighted by Gasteiger charge is -2.32. The molecule has 2 heterocycles. The Balaban J connectivity index is 1.77. The van der Waals surface area contributed by atoms with Gasteiger partial charge < -0.3 is 10.6 Å². The summed E-state index contributed by atoms with van der Waals surface area (Å²) in [7, 11) is 1.83. The van der Waals surface area contributed by atoms with Crippen molar-refractivity contribution in [3.8, 4) is 0 Å². The van der Waals surface area contributed by atoms with E-state index in [-0.39, 0.29) is 23.9 Å². The maximum atomic E-state index is 12.4. The van der Waals surface area contributed by atoms with E-state index in [1.165, 1.54) is 0 Å². The highest BCUT2D eigenvalue weighted by atomic mass is 127. The van der Waals surface area contributed by atoms with Crippen LogP contribution in [0.25, 0.3) is 0 Å². The van der Waals surface area contributed by atoms with Gasteiger partial charge >= 0.3 is 0 Å². The fourth-order valence-corrected chi connectivity index (χ4v) is 3.08. The number of halogens is 1. The Morgan fingerprint density at radius 2 is 2.13 bits per heavy atom. The Morgan fingerprint density at radius 1 is 1.39 bits per heavy atom. The number of nitrogens with one attached hydrogen (secondary N) is 2. The van der Waals surface area contributed by atoms with Gasteiger partial charge in [0.05, 0.1) is 18.3 Å². The van der Waals surface area contributed by atoms with Crippen LogP contribution in [-0.2, 0) is 11.8 Å². The first-order chi connectivity index (χ1) is 11.0. The van der Waals surface area contributed by atoms with Gasteiger partial charge in [0.2, 0.25) is 5.91 Å². The van der Waals surface area contributed by atoms with Crippen LogP contribution in [0.1, 0.15) is 34.8 Å². The summed E-state index contributed by atoms with van der Waals surface area (Å²) < 4.78 is 2.77. The Labute approximate surface area is 147 Å². The van der Waals surface area contributed by atoms with E-state index in [1.807, 2.05) is 25.4 Å². The fourth-order valence-electron chi connectivity index (χ4n) is 2.72. The van der Waals surface area contributed by atoms with Crippen LogP contribution in [0.5, 0.6) is 0 Å². The van der Waals surface area contributed by atoms with Gasteiger partial charge in [-0.1, -0.05) is 0 Å². The summed E-state index contributed by atoms with van der Waals surface area (Å²) in [6, 6.07) is 7.00. The van der Waals surface area contributed by atoms with Crippen LogP contribution in [-0.4, -0.2) is 27.6 Å². The molecule has 1 aromatic carbocycles. The molecule has 1 aliphatic rings. The zero-order valence-corrected chi connectivity index (χ0v) is 14.8. The zero-order chi connectivity index (χ0) is 16.4. The van der Waals surface area contributed by atoms with E-state index in [1.54, 1.807) is 23.0 Å². The first kappa shape index (κ1) is 16.0. The van der Waals surface area contributed by atoms with Gasteiger partial charge in [-0.3, -0.25) is 14.3 Å². The second-order valence-electron chi connectivity index (χ2n) is 5.62. The molecule has 0 aliphatic carbocycles. The number of carbonyl (C=O) groups excluding carboxylic acids is 2. The highest BCUT2D eigenvalue weighted by molar-refractivity contribution is 14.1. The molecule has 1 saturated heterocycles. The third kappa shape index (κ3) is 3.72. The minimum Gasteiger partial charge on any atom is -0.347 e. The lowest BCUT2D eigenvalue weighted by Crippen LogP contribution is -2.50. The lowest BCUT2D eigenvalue weighted by molar-refractivity contribution is -0.123. The summed E-state index contributed by atoms with van der Waals surface area (Å²) in [6.07, 6.45) is 4.61. The molecule has 2 amide bonds. The van der Waals surface area contributed by atoms with Crippen molar-refractivity contribution in [1.29, 1.82) is 0 Å². The van der Waals surface area contributed by atoms with Crippen LogP contribution < -0.4 is 10.6 Å². The van der Waals surface area contributed by atoms with Crippen molar-refractivity contribution in [3.63, 3.8) is 0 Å². The molecule has 1 unspecified atom stereocenters. The lowest BCUT2D eigenvalue weighted by atomic mass is 9.93. The molecule has 3 rings (SSSR count). The number of piperidine rings is 1. The monoisotopic (exact) mass is 424 g/mol. The third-order valence-corrected chi connectivity index (χ3v) is 4.63. The van der Waals surface area contributed by atoms with Crippen LogP contribution in [0.15, 0.2) is 36.7 Å². The van der Waals surface area contributed by atoms with E-state index in [0.29, 0.717) is 18.4 Å². The molecular weight excluding hydrogens is 407 g/mol. The van der Waals surface area contributed by atoms with E-state index < -0.39 is 0 Å². The minimum absolute atomic E-state index is 0.00128. The predicted octanol–water partition coefficient (Wildman–Crippen LogP) is 1.77. The number of rotatable bonds is 3. The van der Waals surface area contributed by atoms with Crippen molar-refractivity contribution in [1.82, 2.24) is 20.4 Å². The van der Waals surface area contributed by atoms with Gasteiger partial charge in [0.15, 0.2) is 0 Å². The Bertz CT molecular complexity index is 726. The van der Waals surface area contributed by atoms with E-state index in [9.17, 15) is 9.59 Å². The van der Waals surface area contributed by atoms with Gasteiger partial charge in [0.1, 0.15) is 0 Å². The molecule has 0 bridgehead atoms. The largest absolute Gasteiger partial charge is 0.347 e. The molecule has 1 aliphatic heterocycles. The molecule has 23 heavy (non-hydrogen) atoms. The second kappa shape index (κ2) is 6.69. The molecule has 7 heteroatoms. The quantitative estimate of drug-likeness (QED) is 0.738. The number of nitrogens with zero attached hydrogens (tertiary/aromatic N) is 2. The minimum atomic E-state index is -0.252. The van der Waals surface area contributed by atoms with Crippen molar-refractivity contribution in [3.05, 3.63) is 51.4 Å². The third-order valence-electron chi connectivity index (χ3n) is 3.91. The summed E-state index contributed by atoms with van der Waals surface area (Å²) in [5.74, 6) is -0.130. The number of carbonyl (C=O) groups is 2. The molecule has 0 saturated carbocycles. The van der Waals surface area contributed by atoms with Crippen LogP contribution in [0.2, 0.25) is 0 Å². The molecule has 2 atom stereocenters. The van der Waals surface area contributed by atoms with Gasteiger partial charge in [-0.25, -0.2) is 0 Å². The molecule has 2 N–H and O–H groups in total. The van der Waals surface area contributed by atoms with Gasteiger partial charge in [0.25, 0.3) is 5.91 Å². The highest BCUT2D eigenvalue weighted by Gasteiger charge is 2.32. The number of hydrogen-bond acceptors (Lipinski definition) is 3. The Morgan fingerprint density at radius 3 is 2.78 bits per heavy atom. The normalized spacial score (nSPS) is 20.9. The average Bonchev–Trinajstić information content (AvgIpc) is 2.96.